The summed E-state index contributed by atoms with van der Waals surface area (Å²) in [6, 6.07) is 6.70. The Morgan fingerprint density at radius 1 is 1.50 bits per heavy atom. The molecular formula is C13H17N. The maximum absolute atomic E-state index is 3.98. The third kappa shape index (κ3) is 1.43. The molecule has 0 unspecified atom stereocenters. The van der Waals surface area contributed by atoms with E-state index in [-0.39, 0.29) is 0 Å². The minimum Gasteiger partial charge on any atom is -0.371 e. The Kier molecular flexibility index (Phi) is 2.32. The van der Waals surface area contributed by atoms with Crippen molar-refractivity contribution in [1.29, 1.82) is 0 Å². The van der Waals surface area contributed by atoms with Crippen LogP contribution in [0.15, 0.2) is 24.8 Å². The van der Waals surface area contributed by atoms with Gasteiger partial charge >= 0.3 is 0 Å². The van der Waals surface area contributed by atoms with E-state index in [4.69, 9.17) is 0 Å². The summed E-state index contributed by atoms with van der Waals surface area (Å²) in [4.78, 5) is 2.43. The van der Waals surface area contributed by atoms with Gasteiger partial charge in [0, 0.05) is 18.8 Å². The van der Waals surface area contributed by atoms with Gasteiger partial charge in [0.1, 0.15) is 0 Å². The fourth-order valence-electron chi connectivity index (χ4n) is 2.04. The van der Waals surface area contributed by atoms with Gasteiger partial charge in [0.05, 0.1) is 0 Å². The Hall–Kier alpha value is -1.24. The highest BCUT2D eigenvalue weighted by Gasteiger charge is 2.17. The zero-order valence-electron chi connectivity index (χ0n) is 9.01. The van der Waals surface area contributed by atoms with Crippen molar-refractivity contribution in [2.75, 3.05) is 18.0 Å². The molecule has 0 N–H and O–H groups in total. The van der Waals surface area contributed by atoms with Crippen LogP contribution in [0.3, 0.4) is 0 Å². The van der Waals surface area contributed by atoms with Crippen LogP contribution in [0.2, 0.25) is 0 Å². The van der Waals surface area contributed by atoms with E-state index < -0.39 is 0 Å². The van der Waals surface area contributed by atoms with E-state index in [1.807, 2.05) is 0 Å². The van der Waals surface area contributed by atoms with Gasteiger partial charge in [0.15, 0.2) is 0 Å². The molecule has 1 aromatic rings. The van der Waals surface area contributed by atoms with Crippen molar-refractivity contribution in [3.63, 3.8) is 0 Å². The molecule has 1 aliphatic heterocycles. The van der Waals surface area contributed by atoms with Crippen LogP contribution in [-0.2, 0) is 6.42 Å². The van der Waals surface area contributed by atoms with Crippen molar-refractivity contribution in [3.05, 3.63) is 35.9 Å². The first-order valence-corrected chi connectivity index (χ1v) is 5.26. The Balaban J connectivity index is 2.42. The molecule has 0 atom stereocenters. The molecule has 1 nitrogen and oxygen atoms in total. The summed E-state index contributed by atoms with van der Waals surface area (Å²) in [6.07, 6.45) is 1.19. The molecule has 0 spiro atoms. The smallest absolute Gasteiger partial charge is 0.0405 e. The van der Waals surface area contributed by atoms with Crippen molar-refractivity contribution in [1.82, 2.24) is 0 Å². The van der Waals surface area contributed by atoms with Crippen LogP contribution in [0.1, 0.15) is 25.0 Å². The first-order valence-electron chi connectivity index (χ1n) is 5.26. The lowest BCUT2D eigenvalue weighted by Gasteiger charge is -2.17. The van der Waals surface area contributed by atoms with E-state index in [0.717, 1.165) is 12.1 Å². The standard InChI is InChI=1S/C13H17N/c1-4-14-8-7-11-5-6-12(10(2)3)9-13(11)14/h5-6,9H,2,4,7-8H2,1,3H3. The third-order valence-corrected chi connectivity index (χ3v) is 2.95. The van der Waals surface area contributed by atoms with Gasteiger partial charge in [-0.15, -0.1) is 0 Å². The number of nitrogens with zero attached hydrogens (tertiary/aromatic N) is 1. The minimum atomic E-state index is 1.10. The van der Waals surface area contributed by atoms with Gasteiger partial charge < -0.3 is 4.90 Å². The summed E-state index contributed by atoms with van der Waals surface area (Å²) in [6.45, 7) is 10.5. The van der Waals surface area contributed by atoms with Gasteiger partial charge in [-0.25, -0.2) is 0 Å². The monoisotopic (exact) mass is 187 g/mol. The molecule has 0 bridgehead atoms. The third-order valence-electron chi connectivity index (χ3n) is 2.95. The topological polar surface area (TPSA) is 3.24 Å². The van der Waals surface area contributed by atoms with E-state index >= 15 is 0 Å². The number of hydrogen-bond acceptors (Lipinski definition) is 1. The highest BCUT2D eigenvalue weighted by atomic mass is 15.1. The average molecular weight is 187 g/mol. The molecule has 2 rings (SSSR count). The lowest BCUT2D eigenvalue weighted by Crippen LogP contribution is -2.19. The van der Waals surface area contributed by atoms with Gasteiger partial charge in [-0.2, -0.15) is 0 Å². The summed E-state index contributed by atoms with van der Waals surface area (Å²) in [7, 11) is 0. The quantitative estimate of drug-likeness (QED) is 0.687. The summed E-state index contributed by atoms with van der Waals surface area (Å²) < 4.78 is 0. The average Bonchev–Trinajstić information content (AvgIpc) is 2.59. The minimum absolute atomic E-state index is 1.10. The molecule has 1 heteroatoms. The Morgan fingerprint density at radius 3 is 2.93 bits per heavy atom. The molecule has 0 fully saturated rings. The van der Waals surface area contributed by atoms with E-state index in [1.54, 1.807) is 0 Å². The van der Waals surface area contributed by atoms with Crippen molar-refractivity contribution < 1.29 is 0 Å². The van der Waals surface area contributed by atoms with E-state index in [2.05, 4.69) is 43.5 Å². The second-order valence-corrected chi connectivity index (χ2v) is 3.95. The van der Waals surface area contributed by atoms with E-state index in [9.17, 15) is 0 Å². The molecule has 0 aromatic heterocycles. The second-order valence-electron chi connectivity index (χ2n) is 3.95. The van der Waals surface area contributed by atoms with Crippen molar-refractivity contribution in [2.45, 2.75) is 20.3 Å². The molecule has 1 aliphatic rings. The molecule has 0 radical (unpaired) electrons. The summed E-state index contributed by atoms with van der Waals surface area (Å²) >= 11 is 0. The van der Waals surface area contributed by atoms with Crippen molar-refractivity contribution in [2.24, 2.45) is 0 Å². The van der Waals surface area contributed by atoms with Crippen LogP contribution in [0, 0.1) is 0 Å². The highest BCUT2D eigenvalue weighted by molar-refractivity contribution is 5.69. The molecule has 1 aromatic carbocycles. The predicted octanol–water partition coefficient (Wildman–Crippen LogP) is 3.10. The number of benzene rings is 1. The number of hydrogen-bond donors (Lipinski definition) is 0. The van der Waals surface area contributed by atoms with Crippen LogP contribution in [0.4, 0.5) is 5.69 Å². The number of allylic oxidation sites excluding steroid dienone is 1. The lowest BCUT2D eigenvalue weighted by atomic mass is 10.0. The summed E-state index contributed by atoms with van der Waals surface area (Å²) in [5.74, 6) is 0. The summed E-state index contributed by atoms with van der Waals surface area (Å²) in [5, 5.41) is 0. The molecule has 0 saturated heterocycles. The molecular weight excluding hydrogens is 170 g/mol. The van der Waals surface area contributed by atoms with Crippen LogP contribution in [0.5, 0.6) is 0 Å². The zero-order valence-corrected chi connectivity index (χ0v) is 9.01. The Bertz CT molecular complexity index is 365. The lowest BCUT2D eigenvalue weighted by molar-refractivity contribution is 0.868. The van der Waals surface area contributed by atoms with Gasteiger partial charge in [-0.05, 0) is 37.5 Å². The fourth-order valence-corrected chi connectivity index (χ4v) is 2.04. The van der Waals surface area contributed by atoms with Crippen molar-refractivity contribution >= 4 is 11.3 Å². The van der Waals surface area contributed by atoms with Crippen LogP contribution in [-0.4, -0.2) is 13.1 Å². The second kappa shape index (κ2) is 3.49. The molecule has 0 amide bonds. The van der Waals surface area contributed by atoms with Gasteiger partial charge in [0.25, 0.3) is 0 Å². The SMILES string of the molecule is C=C(C)c1ccc2c(c1)N(CC)CC2. The molecule has 0 aliphatic carbocycles. The normalized spacial score (nSPS) is 14.3. The number of fused-ring (bicyclic) bond motifs is 1. The van der Waals surface area contributed by atoms with Crippen LogP contribution < -0.4 is 4.90 Å². The molecule has 1 heterocycles. The van der Waals surface area contributed by atoms with Gasteiger partial charge in [-0.1, -0.05) is 24.3 Å². The fraction of sp³-hybridized carbons (Fsp3) is 0.385. The maximum Gasteiger partial charge on any atom is 0.0405 e. The predicted molar refractivity (Wildman–Crippen MR) is 62.7 cm³/mol. The van der Waals surface area contributed by atoms with E-state index in [1.165, 1.54) is 29.8 Å². The number of anilines is 1. The summed E-state index contributed by atoms with van der Waals surface area (Å²) in [5.41, 5.74) is 5.31. The molecule has 74 valence electrons. The number of likely N-dealkylation sites (N-methyl/N-ethyl adjacent to an activating group) is 1. The largest absolute Gasteiger partial charge is 0.371 e. The number of rotatable bonds is 2. The molecule has 14 heavy (non-hydrogen) atoms. The first kappa shape index (κ1) is 9.32. The zero-order chi connectivity index (χ0) is 10.1. The Labute approximate surface area is 86.1 Å². The maximum atomic E-state index is 3.98. The van der Waals surface area contributed by atoms with E-state index in [0.29, 0.717) is 0 Å². The first-order chi connectivity index (χ1) is 6.72. The van der Waals surface area contributed by atoms with Crippen LogP contribution >= 0.6 is 0 Å². The highest BCUT2D eigenvalue weighted by Crippen LogP contribution is 2.30. The molecule has 0 saturated carbocycles. The van der Waals surface area contributed by atoms with Crippen molar-refractivity contribution in [3.8, 4) is 0 Å². The van der Waals surface area contributed by atoms with Gasteiger partial charge in [0.2, 0.25) is 0 Å². The van der Waals surface area contributed by atoms with Gasteiger partial charge in [-0.3, -0.25) is 0 Å². The van der Waals surface area contributed by atoms with Crippen LogP contribution in [0.25, 0.3) is 5.57 Å². The Morgan fingerprint density at radius 2 is 2.29 bits per heavy atom.